The average molecular weight is 690 g/mol. The van der Waals surface area contributed by atoms with Crippen LogP contribution in [0.5, 0.6) is 0 Å². The van der Waals surface area contributed by atoms with E-state index in [1.165, 1.54) is 33.4 Å². The van der Waals surface area contributed by atoms with Gasteiger partial charge in [0.15, 0.2) is 0 Å². The van der Waals surface area contributed by atoms with E-state index in [-0.39, 0.29) is 0 Å². The highest BCUT2D eigenvalue weighted by Crippen LogP contribution is 2.47. The molecular weight excluding hydrogens is 655 g/mol. The first kappa shape index (κ1) is 31.6. The van der Waals surface area contributed by atoms with Crippen molar-refractivity contribution in [1.82, 2.24) is 0 Å². The average Bonchev–Trinajstić information content (AvgIpc) is 3.64. The largest absolute Gasteiger partial charge is 0.455 e. The molecule has 9 aromatic carbocycles. The second kappa shape index (κ2) is 13.4. The van der Waals surface area contributed by atoms with Crippen molar-refractivity contribution < 1.29 is 4.42 Å². The van der Waals surface area contributed by atoms with Gasteiger partial charge in [-0.1, -0.05) is 176 Å². The number of hydrogen-bond donors (Lipinski definition) is 0. The summed E-state index contributed by atoms with van der Waals surface area (Å²) in [6.07, 6.45) is 0. The minimum atomic E-state index is 0.877. The Morgan fingerprint density at radius 3 is 1.46 bits per heavy atom. The fourth-order valence-electron chi connectivity index (χ4n) is 7.84. The van der Waals surface area contributed by atoms with Crippen LogP contribution < -0.4 is 4.90 Å². The van der Waals surface area contributed by atoms with Gasteiger partial charge in [0.25, 0.3) is 0 Å². The van der Waals surface area contributed by atoms with E-state index in [9.17, 15) is 0 Å². The van der Waals surface area contributed by atoms with Gasteiger partial charge in [-0.2, -0.15) is 0 Å². The summed E-state index contributed by atoms with van der Waals surface area (Å²) in [6.45, 7) is 0. The molecule has 0 unspecified atom stereocenters. The number of rotatable bonds is 7. The van der Waals surface area contributed by atoms with Gasteiger partial charge in [-0.3, -0.25) is 0 Å². The molecule has 0 aliphatic carbocycles. The summed E-state index contributed by atoms with van der Waals surface area (Å²) >= 11 is 0. The van der Waals surface area contributed by atoms with Crippen molar-refractivity contribution in [1.29, 1.82) is 0 Å². The Morgan fingerprint density at radius 1 is 0.315 bits per heavy atom. The van der Waals surface area contributed by atoms with E-state index in [0.717, 1.165) is 60.9 Å². The van der Waals surface area contributed by atoms with Crippen LogP contribution in [0.4, 0.5) is 17.1 Å². The minimum absolute atomic E-state index is 0.877. The molecule has 1 aromatic heterocycles. The lowest BCUT2D eigenvalue weighted by atomic mass is 9.95. The summed E-state index contributed by atoms with van der Waals surface area (Å²) in [5, 5.41) is 4.41. The van der Waals surface area contributed by atoms with Crippen LogP contribution in [0.15, 0.2) is 217 Å². The van der Waals surface area contributed by atoms with E-state index >= 15 is 0 Å². The van der Waals surface area contributed by atoms with E-state index in [2.05, 4.69) is 217 Å². The zero-order chi connectivity index (χ0) is 35.8. The second-order valence-corrected chi connectivity index (χ2v) is 13.7. The lowest BCUT2D eigenvalue weighted by Gasteiger charge is -2.28. The summed E-state index contributed by atoms with van der Waals surface area (Å²) in [5.74, 6) is 0. The summed E-state index contributed by atoms with van der Waals surface area (Å²) in [5.41, 5.74) is 14.5. The fraction of sp³-hybridized carbons (Fsp3) is 0. The molecule has 1 heterocycles. The number of fused-ring (bicyclic) bond motifs is 5. The SMILES string of the molecule is c1ccc(-c2ccc(-c3cccc4oc5c6ccccc6c(N(c6ccc(-c7ccccc7)cc6)c6cccc(-c7ccccc7)c6)cc5c34)cc2)cc1. The molecule has 0 aliphatic rings. The standard InChI is InChI=1S/C52H35NO/c1-4-14-36(15-5-1)39-26-28-41(29-27-39)45-24-13-25-50-51(45)48-35-49(46-22-10-11-23-47(46)52(48)54-50)53(43-32-30-40(31-33-43)37-16-6-2-7-17-37)44-21-12-20-42(34-44)38-18-8-3-9-19-38/h1-35H. The Labute approximate surface area is 314 Å². The van der Waals surface area contributed by atoms with Gasteiger partial charge in [0.2, 0.25) is 0 Å². The molecule has 10 rings (SSSR count). The van der Waals surface area contributed by atoms with Crippen LogP contribution in [-0.2, 0) is 0 Å². The maximum Gasteiger partial charge on any atom is 0.143 e. The molecule has 2 heteroatoms. The highest BCUT2D eigenvalue weighted by molar-refractivity contribution is 6.22. The third kappa shape index (κ3) is 5.62. The fourth-order valence-corrected chi connectivity index (χ4v) is 7.84. The lowest BCUT2D eigenvalue weighted by Crippen LogP contribution is -2.10. The van der Waals surface area contributed by atoms with Crippen molar-refractivity contribution in [3.8, 4) is 44.5 Å². The topological polar surface area (TPSA) is 16.4 Å². The molecule has 0 N–H and O–H groups in total. The van der Waals surface area contributed by atoms with Crippen molar-refractivity contribution in [3.05, 3.63) is 212 Å². The van der Waals surface area contributed by atoms with Crippen LogP contribution in [0, 0.1) is 0 Å². The van der Waals surface area contributed by atoms with Crippen LogP contribution in [0.25, 0.3) is 77.2 Å². The first-order valence-electron chi connectivity index (χ1n) is 18.4. The maximum atomic E-state index is 6.79. The third-order valence-electron chi connectivity index (χ3n) is 10.5. The Bertz CT molecular complexity index is 2890. The molecule has 0 aliphatic heterocycles. The van der Waals surface area contributed by atoms with Crippen LogP contribution in [0.2, 0.25) is 0 Å². The highest BCUT2D eigenvalue weighted by Gasteiger charge is 2.22. The quantitative estimate of drug-likeness (QED) is 0.166. The van der Waals surface area contributed by atoms with Crippen molar-refractivity contribution in [2.24, 2.45) is 0 Å². The molecule has 0 radical (unpaired) electrons. The van der Waals surface area contributed by atoms with Gasteiger partial charge in [0, 0.05) is 32.9 Å². The van der Waals surface area contributed by atoms with Crippen LogP contribution in [0.3, 0.4) is 0 Å². The number of benzene rings is 9. The van der Waals surface area contributed by atoms with Crippen LogP contribution in [-0.4, -0.2) is 0 Å². The molecule has 0 spiro atoms. The normalized spacial score (nSPS) is 11.3. The number of hydrogen-bond acceptors (Lipinski definition) is 2. The lowest BCUT2D eigenvalue weighted by molar-refractivity contribution is 0.673. The summed E-state index contributed by atoms with van der Waals surface area (Å²) in [4.78, 5) is 2.40. The second-order valence-electron chi connectivity index (χ2n) is 13.7. The molecule has 2 nitrogen and oxygen atoms in total. The van der Waals surface area contributed by atoms with Gasteiger partial charge in [-0.25, -0.2) is 0 Å². The summed E-state index contributed by atoms with van der Waals surface area (Å²) in [6, 6.07) is 75.8. The van der Waals surface area contributed by atoms with Crippen molar-refractivity contribution >= 4 is 49.8 Å². The van der Waals surface area contributed by atoms with Gasteiger partial charge in [0.05, 0.1) is 5.69 Å². The van der Waals surface area contributed by atoms with Crippen molar-refractivity contribution in [3.63, 3.8) is 0 Å². The van der Waals surface area contributed by atoms with Crippen molar-refractivity contribution in [2.75, 3.05) is 4.90 Å². The molecule has 54 heavy (non-hydrogen) atoms. The van der Waals surface area contributed by atoms with Gasteiger partial charge < -0.3 is 9.32 Å². The minimum Gasteiger partial charge on any atom is -0.455 e. The number of nitrogens with zero attached hydrogens (tertiary/aromatic N) is 1. The Morgan fingerprint density at radius 2 is 0.815 bits per heavy atom. The molecule has 10 aromatic rings. The Kier molecular flexibility index (Phi) is 7.85. The molecule has 0 saturated heterocycles. The zero-order valence-corrected chi connectivity index (χ0v) is 29.6. The van der Waals surface area contributed by atoms with E-state index in [1.54, 1.807) is 0 Å². The maximum absolute atomic E-state index is 6.79. The van der Waals surface area contributed by atoms with Gasteiger partial charge in [-0.15, -0.1) is 0 Å². The smallest absolute Gasteiger partial charge is 0.143 e. The van der Waals surface area contributed by atoms with Gasteiger partial charge in [-0.05, 0) is 80.9 Å². The van der Waals surface area contributed by atoms with Crippen molar-refractivity contribution in [2.45, 2.75) is 0 Å². The first-order valence-corrected chi connectivity index (χ1v) is 18.4. The van der Waals surface area contributed by atoms with Gasteiger partial charge >= 0.3 is 0 Å². The summed E-state index contributed by atoms with van der Waals surface area (Å²) < 4.78 is 6.79. The third-order valence-corrected chi connectivity index (χ3v) is 10.5. The Balaban J connectivity index is 1.20. The van der Waals surface area contributed by atoms with E-state index < -0.39 is 0 Å². The summed E-state index contributed by atoms with van der Waals surface area (Å²) in [7, 11) is 0. The predicted molar refractivity (Wildman–Crippen MR) is 228 cm³/mol. The van der Waals surface area contributed by atoms with Gasteiger partial charge in [0.1, 0.15) is 11.2 Å². The Hall–Kier alpha value is -7.16. The molecule has 254 valence electrons. The molecule has 0 atom stereocenters. The predicted octanol–water partition coefficient (Wildman–Crippen LogP) is 14.9. The molecule has 0 saturated carbocycles. The monoisotopic (exact) mass is 689 g/mol. The molecular formula is C52H35NO. The number of anilines is 3. The highest BCUT2D eigenvalue weighted by atomic mass is 16.3. The van der Waals surface area contributed by atoms with E-state index in [0.29, 0.717) is 0 Å². The van der Waals surface area contributed by atoms with Crippen LogP contribution in [0.1, 0.15) is 0 Å². The number of furan rings is 1. The van der Waals surface area contributed by atoms with E-state index in [1.807, 2.05) is 0 Å². The molecule has 0 bridgehead atoms. The molecule has 0 amide bonds. The molecule has 0 fully saturated rings. The zero-order valence-electron chi connectivity index (χ0n) is 29.6. The van der Waals surface area contributed by atoms with Crippen LogP contribution >= 0.6 is 0 Å². The first-order chi connectivity index (χ1) is 26.8. The van der Waals surface area contributed by atoms with E-state index in [4.69, 9.17) is 4.42 Å².